The highest BCUT2D eigenvalue weighted by atomic mass is 16.2. The molecular weight excluding hydrogens is 268 g/mol. The largest absolute Gasteiger partial charge is 0.369 e. The van der Waals surface area contributed by atoms with Crippen LogP contribution in [0.4, 0.5) is 5.82 Å². The molecule has 1 aliphatic rings. The van der Waals surface area contributed by atoms with Gasteiger partial charge in [-0.25, -0.2) is 4.98 Å². The van der Waals surface area contributed by atoms with Crippen LogP contribution in [0.1, 0.15) is 18.4 Å². The van der Waals surface area contributed by atoms with Crippen LogP contribution in [-0.4, -0.2) is 48.1 Å². The molecule has 2 heterocycles. The number of pyridine rings is 1. The van der Waals surface area contributed by atoms with Crippen LogP contribution in [-0.2, 0) is 4.79 Å². The summed E-state index contributed by atoms with van der Waals surface area (Å²) in [4.78, 5) is 17.7. The molecule has 0 spiro atoms. The number of nitriles is 1. The lowest BCUT2D eigenvalue weighted by Gasteiger charge is -2.21. The fourth-order valence-electron chi connectivity index (χ4n) is 2.24. The van der Waals surface area contributed by atoms with E-state index in [2.05, 4.69) is 15.6 Å². The number of nitrogens with one attached hydrogen (secondary N) is 2. The van der Waals surface area contributed by atoms with Crippen LogP contribution in [0.2, 0.25) is 0 Å². The van der Waals surface area contributed by atoms with Crippen LogP contribution < -0.4 is 16.4 Å². The van der Waals surface area contributed by atoms with E-state index in [1.807, 2.05) is 6.07 Å². The zero-order valence-corrected chi connectivity index (χ0v) is 11.9. The summed E-state index contributed by atoms with van der Waals surface area (Å²) in [6, 6.07) is 5.48. The van der Waals surface area contributed by atoms with Crippen LogP contribution in [0.15, 0.2) is 18.3 Å². The van der Waals surface area contributed by atoms with Crippen molar-refractivity contribution >= 4 is 11.7 Å². The molecule has 1 aromatic rings. The molecule has 0 unspecified atom stereocenters. The number of carbonyl (C=O) groups is 1. The normalized spacial score (nSPS) is 17.5. The predicted octanol–water partition coefficient (Wildman–Crippen LogP) is -0.138. The van der Waals surface area contributed by atoms with Gasteiger partial charge in [-0.1, -0.05) is 0 Å². The number of amides is 1. The number of likely N-dealkylation sites (tertiary alicyclic amines) is 1. The number of hydrogen-bond donors (Lipinski definition) is 3. The minimum absolute atomic E-state index is 0.0523. The molecule has 0 bridgehead atoms. The summed E-state index contributed by atoms with van der Waals surface area (Å²) in [6.07, 6.45) is 3.27. The van der Waals surface area contributed by atoms with Gasteiger partial charge >= 0.3 is 0 Å². The van der Waals surface area contributed by atoms with Gasteiger partial charge in [-0.2, -0.15) is 5.26 Å². The van der Waals surface area contributed by atoms with E-state index >= 15 is 0 Å². The van der Waals surface area contributed by atoms with Crippen molar-refractivity contribution in [3.8, 4) is 6.07 Å². The van der Waals surface area contributed by atoms with Crippen LogP contribution in [0, 0.1) is 11.3 Å². The number of hydrogen-bond acceptors (Lipinski definition) is 6. The molecule has 7 heteroatoms. The van der Waals surface area contributed by atoms with Gasteiger partial charge in [-0.05, 0) is 25.0 Å². The van der Waals surface area contributed by atoms with Crippen LogP contribution in [0.5, 0.6) is 0 Å². The molecule has 4 N–H and O–H groups in total. The summed E-state index contributed by atoms with van der Waals surface area (Å²) in [5.41, 5.74) is 6.38. The van der Waals surface area contributed by atoms with Crippen molar-refractivity contribution in [2.75, 3.05) is 31.5 Å². The van der Waals surface area contributed by atoms with Crippen molar-refractivity contribution in [3.05, 3.63) is 23.9 Å². The van der Waals surface area contributed by atoms with Crippen molar-refractivity contribution < 1.29 is 4.79 Å². The maximum Gasteiger partial charge on any atom is 0.237 e. The molecule has 1 saturated heterocycles. The summed E-state index contributed by atoms with van der Waals surface area (Å²) in [5.74, 6) is 0.764. The number of anilines is 1. The second-order valence-corrected chi connectivity index (χ2v) is 4.94. The molecule has 0 aromatic carbocycles. The minimum atomic E-state index is -0.125. The molecule has 1 fully saturated rings. The second-order valence-electron chi connectivity index (χ2n) is 4.94. The van der Waals surface area contributed by atoms with Gasteiger partial charge in [0.05, 0.1) is 18.3 Å². The van der Waals surface area contributed by atoms with E-state index in [1.54, 1.807) is 17.0 Å². The highest BCUT2D eigenvalue weighted by Crippen LogP contribution is 2.12. The Morgan fingerprint density at radius 1 is 1.52 bits per heavy atom. The van der Waals surface area contributed by atoms with E-state index in [1.165, 1.54) is 6.20 Å². The Balaban J connectivity index is 1.61. The van der Waals surface area contributed by atoms with E-state index in [9.17, 15) is 4.79 Å². The van der Waals surface area contributed by atoms with Gasteiger partial charge in [0.25, 0.3) is 0 Å². The third-order valence-corrected chi connectivity index (χ3v) is 3.40. The first-order valence-corrected chi connectivity index (χ1v) is 7.06. The average molecular weight is 288 g/mol. The summed E-state index contributed by atoms with van der Waals surface area (Å²) in [5, 5.41) is 14.9. The van der Waals surface area contributed by atoms with Gasteiger partial charge in [-0.15, -0.1) is 0 Å². The maximum atomic E-state index is 11.9. The predicted molar refractivity (Wildman–Crippen MR) is 79.2 cm³/mol. The summed E-state index contributed by atoms with van der Waals surface area (Å²) in [7, 11) is 0. The van der Waals surface area contributed by atoms with Gasteiger partial charge in [0, 0.05) is 25.8 Å². The Morgan fingerprint density at radius 3 is 3.00 bits per heavy atom. The number of nitrogens with zero attached hydrogens (tertiary/aromatic N) is 3. The van der Waals surface area contributed by atoms with Crippen LogP contribution >= 0.6 is 0 Å². The molecule has 0 aliphatic carbocycles. The van der Waals surface area contributed by atoms with Gasteiger partial charge in [0.1, 0.15) is 11.9 Å². The van der Waals surface area contributed by atoms with Gasteiger partial charge in [0.15, 0.2) is 0 Å². The molecular formula is C14H20N6O. The van der Waals surface area contributed by atoms with E-state index < -0.39 is 0 Å². The summed E-state index contributed by atoms with van der Waals surface area (Å²) >= 11 is 0. The van der Waals surface area contributed by atoms with Gasteiger partial charge in [0.2, 0.25) is 5.91 Å². The number of carbonyl (C=O) groups excluding carboxylic acids is 1. The van der Waals surface area contributed by atoms with Crippen LogP contribution in [0.3, 0.4) is 0 Å². The molecule has 2 rings (SSSR count). The zero-order valence-electron chi connectivity index (χ0n) is 11.9. The topological polar surface area (TPSA) is 107 Å². The quantitative estimate of drug-likeness (QED) is 0.629. The first-order valence-electron chi connectivity index (χ1n) is 7.06. The van der Waals surface area contributed by atoms with Crippen molar-refractivity contribution in [2.24, 2.45) is 5.73 Å². The van der Waals surface area contributed by atoms with Gasteiger partial charge in [-0.3, -0.25) is 4.79 Å². The maximum absolute atomic E-state index is 11.9. The molecule has 1 atom stereocenters. The van der Waals surface area contributed by atoms with Crippen molar-refractivity contribution in [1.29, 1.82) is 5.26 Å². The molecule has 7 nitrogen and oxygen atoms in total. The van der Waals surface area contributed by atoms with Crippen molar-refractivity contribution in [2.45, 2.75) is 19.0 Å². The Bertz CT molecular complexity index is 509. The first-order chi connectivity index (χ1) is 10.2. The van der Waals surface area contributed by atoms with E-state index in [0.717, 1.165) is 19.4 Å². The Hall–Kier alpha value is -2.17. The lowest BCUT2D eigenvalue weighted by molar-refractivity contribution is -0.130. The number of aromatic nitrogens is 1. The molecule has 1 aromatic heterocycles. The lowest BCUT2D eigenvalue weighted by Crippen LogP contribution is -2.45. The fraction of sp³-hybridized carbons (Fsp3) is 0.500. The number of rotatable bonds is 6. The Kier molecular flexibility index (Phi) is 5.49. The first kappa shape index (κ1) is 15.2. The van der Waals surface area contributed by atoms with E-state index in [4.69, 9.17) is 11.0 Å². The zero-order chi connectivity index (χ0) is 15.1. The smallest absolute Gasteiger partial charge is 0.237 e. The minimum Gasteiger partial charge on any atom is -0.369 e. The standard InChI is InChI=1S/C14H20N6O/c15-8-11-3-4-13(19-9-11)18-6-5-17-10-14(21)20-7-1-2-12(20)16/h3-4,9,12,17H,1-2,5-7,10,16H2,(H,18,19)/t12-/m0/s1. The highest BCUT2D eigenvalue weighted by molar-refractivity contribution is 5.78. The number of nitrogens with two attached hydrogens (primary N) is 1. The van der Waals surface area contributed by atoms with E-state index in [-0.39, 0.29) is 12.1 Å². The fourth-order valence-corrected chi connectivity index (χ4v) is 2.24. The summed E-state index contributed by atoms with van der Waals surface area (Å²) < 4.78 is 0. The Labute approximate surface area is 124 Å². The van der Waals surface area contributed by atoms with Crippen molar-refractivity contribution in [3.63, 3.8) is 0 Å². The van der Waals surface area contributed by atoms with Gasteiger partial charge < -0.3 is 21.3 Å². The Morgan fingerprint density at radius 2 is 2.38 bits per heavy atom. The molecule has 112 valence electrons. The monoisotopic (exact) mass is 288 g/mol. The molecule has 1 aliphatic heterocycles. The molecule has 0 saturated carbocycles. The lowest BCUT2D eigenvalue weighted by atomic mass is 10.3. The third-order valence-electron chi connectivity index (χ3n) is 3.40. The molecule has 1 amide bonds. The highest BCUT2D eigenvalue weighted by Gasteiger charge is 2.24. The molecule has 0 radical (unpaired) electrons. The summed E-state index contributed by atoms with van der Waals surface area (Å²) in [6.45, 7) is 2.36. The molecule has 21 heavy (non-hydrogen) atoms. The SMILES string of the molecule is N#Cc1ccc(NCCNCC(=O)N2CCC[C@H]2N)nc1. The van der Waals surface area contributed by atoms with E-state index in [0.29, 0.717) is 31.0 Å². The van der Waals surface area contributed by atoms with Crippen molar-refractivity contribution in [1.82, 2.24) is 15.2 Å². The van der Waals surface area contributed by atoms with Crippen LogP contribution in [0.25, 0.3) is 0 Å². The average Bonchev–Trinajstić information content (AvgIpc) is 2.93. The second kappa shape index (κ2) is 7.57. The third kappa shape index (κ3) is 4.41.